The smallest absolute Gasteiger partial charge is 0.298 e. The van der Waals surface area contributed by atoms with E-state index in [0.29, 0.717) is 41.8 Å². The van der Waals surface area contributed by atoms with Crippen molar-refractivity contribution in [1.82, 2.24) is 24.3 Å². The van der Waals surface area contributed by atoms with Gasteiger partial charge in [-0.3, -0.25) is 14.0 Å². The Hall–Kier alpha value is -5.22. The second kappa shape index (κ2) is 9.80. The minimum Gasteiger partial charge on any atom is -0.369 e. The van der Waals surface area contributed by atoms with Crippen molar-refractivity contribution in [2.45, 2.75) is 19.3 Å². The molecule has 1 aliphatic heterocycles. The van der Waals surface area contributed by atoms with Crippen LogP contribution in [0.5, 0.6) is 0 Å². The summed E-state index contributed by atoms with van der Waals surface area (Å²) in [4.78, 5) is 39.9. The lowest BCUT2D eigenvalue weighted by molar-refractivity contribution is -0.124. The molecule has 0 aliphatic carbocycles. The number of nitrogens with two attached hydrogens (primary N) is 1. The van der Waals surface area contributed by atoms with Crippen molar-refractivity contribution in [3.63, 3.8) is 0 Å². The van der Waals surface area contributed by atoms with Gasteiger partial charge in [-0.15, -0.1) is 0 Å². The standard InChI is InChI=1S/C27H22N8O2/c1-2-3-23(36)34-13-10-20(16-34)24-21-9-12-31-27(29)35(21)25(33-24)18-4-6-19(7-5-18)26(37)32-22-14-17(15-28)8-11-30-22/h4-9,11-12,14,20H,10,13,16H2,1H3,(H2,29,31)(H,30,32,37). The van der Waals surface area contributed by atoms with E-state index in [1.807, 2.05) is 12.1 Å². The molecule has 1 fully saturated rings. The van der Waals surface area contributed by atoms with Crippen LogP contribution < -0.4 is 11.1 Å². The quantitative estimate of drug-likeness (QED) is 0.419. The van der Waals surface area contributed by atoms with Crippen LogP contribution >= 0.6 is 0 Å². The Morgan fingerprint density at radius 3 is 2.68 bits per heavy atom. The molecule has 4 aromatic rings. The molecule has 1 atom stereocenters. The molecule has 37 heavy (non-hydrogen) atoms. The molecule has 3 N–H and O–H groups in total. The Balaban J connectivity index is 1.43. The number of hydrogen-bond donors (Lipinski definition) is 2. The lowest BCUT2D eigenvalue weighted by Gasteiger charge is -2.12. The number of pyridine rings is 1. The summed E-state index contributed by atoms with van der Waals surface area (Å²) in [7, 11) is 0. The molecule has 182 valence electrons. The Kier molecular flexibility index (Phi) is 6.23. The highest BCUT2D eigenvalue weighted by molar-refractivity contribution is 6.04. The molecule has 0 spiro atoms. The number of anilines is 2. The molecule has 0 radical (unpaired) electrons. The van der Waals surface area contributed by atoms with E-state index < -0.39 is 0 Å². The molecule has 1 aliphatic rings. The summed E-state index contributed by atoms with van der Waals surface area (Å²) >= 11 is 0. The minimum atomic E-state index is -0.352. The molecule has 1 saturated heterocycles. The lowest BCUT2D eigenvalue weighted by atomic mass is 10.0. The highest BCUT2D eigenvalue weighted by Gasteiger charge is 2.30. The van der Waals surface area contributed by atoms with E-state index in [4.69, 9.17) is 16.0 Å². The van der Waals surface area contributed by atoms with E-state index in [9.17, 15) is 9.59 Å². The summed E-state index contributed by atoms with van der Waals surface area (Å²) < 4.78 is 1.79. The first-order chi connectivity index (χ1) is 18.0. The third kappa shape index (κ3) is 4.56. The molecule has 2 amide bonds. The number of nitriles is 1. The summed E-state index contributed by atoms with van der Waals surface area (Å²) in [6.45, 7) is 2.79. The van der Waals surface area contributed by atoms with Gasteiger partial charge in [0.1, 0.15) is 11.6 Å². The number of likely N-dealkylation sites (tertiary alicyclic amines) is 1. The first kappa shape index (κ1) is 23.5. The van der Waals surface area contributed by atoms with Gasteiger partial charge in [0, 0.05) is 42.5 Å². The van der Waals surface area contributed by atoms with Crippen molar-refractivity contribution in [1.29, 1.82) is 5.26 Å². The van der Waals surface area contributed by atoms with Crippen LogP contribution in [0.25, 0.3) is 16.9 Å². The fourth-order valence-corrected chi connectivity index (χ4v) is 4.46. The first-order valence-electron chi connectivity index (χ1n) is 11.6. The van der Waals surface area contributed by atoms with Crippen LogP contribution in [-0.4, -0.2) is 49.2 Å². The number of rotatable bonds is 4. The number of fused-ring (bicyclic) bond motifs is 1. The zero-order valence-electron chi connectivity index (χ0n) is 20.0. The van der Waals surface area contributed by atoms with Crippen LogP contribution in [0.15, 0.2) is 54.9 Å². The van der Waals surface area contributed by atoms with Crippen molar-refractivity contribution in [3.05, 3.63) is 71.7 Å². The molecular formula is C27H22N8O2. The Morgan fingerprint density at radius 1 is 1.14 bits per heavy atom. The number of carbonyl (C=O) groups is 2. The Bertz CT molecular complexity index is 1620. The molecule has 3 aromatic heterocycles. The van der Waals surface area contributed by atoms with Gasteiger partial charge in [-0.1, -0.05) is 18.1 Å². The predicted molar refractivity (Wildman–Crippen MR) is 137 cm³/mol. The average molecular weight is 491 g/mol. The first-order valence-corrected chi connectivity index (χ1v) is 11.6. The molecule has 4 heterocycles. The number of amides is 2. The van der Waals surface area contributed by atoms with Gasteiger partial charge in [-0.25, -0.2) is 15.0 Å². The number of nitrogen functional groups attached to an aromatic ring is 1. The van der Waals surface area contributed by atoms with Crippen molar-refractivity contribution < 1.29 is 9.59 Å². The molecule has 0 bridgehead atoms. The summed E-state index contributed by atoms with van der Waals surface area (Å²) in [5.41, 5.74) is 9.49. The van der Waals surface area contributed by atoms with Crippen LogP contribution in [0.4, 0.5) is 11.8 Å². The maximum absolute atomic E-state index is 12.7. The Labute approximate surface area is 212 Å². The van der Waals surface area contributed by atoms with Gasteiger partial charge in [0.2, 0.25) is 5.95 Å². The topological polar surface area (TPSA) is 142 Å². The second-order valence-electron chi connectivity index (χ2n) is 8.53. The normalized spacial score (nSPS) is 14.6. The number of benzene rings is 1. The van der Waals surface area contributed by atoms with Gasteiger partial charge in [-0.05, 0) is 49.6 Å². The maximum Gasteiger partial charge on any atom is 0.298 e. The van der Waals surface area contributed by atoms with Crippen molar-refractivity contribution in [3.8, 4) is 29.3 Å². The van der Waals surface area contributed by atoms with E-state index in [1.54, 1.807) is 52.8 Å². The van der Waals surface area contributed by atoms with Gasteiger partial charge in [0.25, 0.3) is 11.8 Å². The summed E-state index contributed by atoms with van der Waals surface area (Å²) in [5, 5.41) is 11.7. The van der Waals surface area contributed by atoms with Gasteiger partial charge >= 0.3 is 0 Å². The molecule has 5 rings (SSSR count). The minimum absolute atomic E-state index is 0.0369. The monoisotopic (exact) mass is 490 g/mol. The van der Waals surface area contributed by atoms with Crippen molar-refractivity contribution in [2.75, 3.05) is 24.1 Å². The molecule has 10 nitrogen and oxygen atoms in total. The zero-order chi connectivity index (χ0) is 25.9. The van der Waals surface area contributed by atoms with Crippen LogP contribution in [-0.2, 0) is 4.79 Å². The van der Waals surface area contributed by atoms with Gasteiger partial charge < -0.3 is 16.0 Å². The highest BCUT2D eigenvalue weighted by atomic mass is 16.2. The fraction of sp³-hybridized carbons (Fsp3) is 0.185. The van der Waals surface area contributed by atoms with Gasteiger partial charge in [0.05, 0.1) is 22.8 Å². The van der Waals surface area contributed by atoms with E-state index in [0.717, 1.165) is 23.2 Å². The van der Waals surface area contributed by atoms with Crippen LogP contribution in [0.2, 0.25) is 0 Å². The SMILES string of the molecule is CC#CC(=O)N1CCC(c2nc(-c3ccc(C(=O)Nc4cc(C#N)ccn4)cc3)n3c(N)nccc23)C1. The number of aromatic nitrogens is 4. The third-order valence-corrected chi connectivity index (χ3v) is 6.24. The van der Waals surface area contributed by atoms with Crippen molar-refractivity contribution in [2.24, 2.45) is 0 Å². The van der Waals surface area contributed by atoms with Crippen LogP contribution in [0.1, 0.15) is 40.9 Å². The van der Waals surface area contributed by atoms with Crippen LogP contribution in [0, 0.1) is 23.2 Å². The summed E-state index contributed by atoms with van der Waals surface area (Å²) in [6.07, 6.45) is 3.88. The fourth-order valence-electron chi connectivity index (χ4n) is 4.46. The lowest BCUT2D eigenvalue weighted by Crippen LogP contribution is -2.26. The highest BCUT2D eigenvalue weighted by Crippen LogP contribution is 2.33. The van der Waals surface area contributed by atoms with E-state index in [2.05, 4.69) is 27.1 Å². The predicted octanol–water partition coefficient (Wildman–Crippen LogP) is 2.84. The molecular weight excluding hydrogens is 468 g/mol. The average Bonchev–Trinajstić information content (AvgIpc) is 3.55. The number of imidazole rings is 1. The molecule has 1 unspecified atom stereocenters. The number of nitrogens with one attached hydrogen (secondary N) is 1. The second-order valence-corrected chi connectivity index (χ2v) is 8.53. The van der Waals surface area contributed by atoms with Crippen LogP contribution in [0.3, 0.4) is 0 Å². The number of carbonyl (C=O) groups excluding carboxylic acids is 2. The molecule has 10 heteroatoms. The number of hydrogen-bond acceptors (Lipinski definition) is 7. The summed E-state index contributed by atoms with van der Waals surface area (Å²) in [6, 6.07) is 13.9. The van der Waals surface area contributed by atoms with E-state index >= 15 is 0 Å². The van der Waals surface area contributed by atoms with Gasteiger partial charge in [-0.2, -0.15) is 5.26 Å². The van der Waals surface area contributed by atoms with E-state index in [-0.39, 0.29) is 17.7 Å². The van der Waals surface area contributed by atoms with Gasteiger partial charge in [0.15, 0.2) is 0 Å². The zero-order valence-corrected chi connectivity index (χ0v) is 20.0. The largest absolute Gasteiger partial charge is 0.369 e. The maximum atomic E-state index is 12.7. The molecule has 1 aromatic carbocycles. The van der Waals surface area contributed by atoms with E-state index in [1.165, 1.54) is 12.3 Å². The third-order valence-electron chi connectivity index (χ3n) is 6.24. The Morgan fingerprint density at radius 2 is 1.92 bits per heavy atom. The van der Waals surface area contributed by atoms with Crippen molar-refractivity contribution >= 4 is 29.1 Å². The number of nitrogens with zero attached hydrogens (tertiary/aromatic N) is 6. The summed E-state index contributed by atoms with van der Waals surface area (Å²) in [5.74, 6) is 5.96. The molecule has 0 saturated carbocycles.